The molecule has 0 aliphatic carbocycles. The summed E-state index contributed by atoms with van der Waals surface area (Å²) in [5.41, 5.74) is 0. The summed E-state index contributed by atoms with van der Waals surface area (Å²) in [5, 5.41) is 3.42. The molecule has 1 saturated heterocycles. The Kier molecular flexibility index (Phi) is 4.25. The molecule has 0 aromatic carbocycles. The highest BCUT2D eigenvalue weighted by Crippen LogP contribution is 2.04. The van der Waals surface area contributed by atoms with Crippen molar-refractivity contribution >= 4 is 12.4 Å². The number of likely N-dealkylation sites (N-methyl/N-ethyl adjacent to an activating group) is 1. The highest BCUT2D eigenvalue weighted by atomic mass is 35.5. The second-order valence-corrected chi connectivity index (χ2v) is 2.96. The number of piperazine rings is 1. The van der Waals surface area contributed by atoms with Gasteiger partial charge in [-0.05, 0) is 20.9 Å². The van der Waals surface area contributed by atoms with Gasteiger partial charge in [-0.3, -0.25) is 0 Å². The summed E-state index contributed by atoms with van der Waals surface area (Å²) >= 11 is 0. The molecule has 1 rings (SSSR count). The maximum Gasteiger partial charge on any atom is 0.0215 e. The third-order valence-electron chi connectivity index (χ3n) is 2.35. The van der Waals surface area contributed by atoms with E-state index in [1.165, 1.54) is 6.54 Å². The van der Waals surface area contributed by atoms with E-state index in [0.29, 0.717) is 12.1 Å². The number of rotatable bonds is 0. The topological polar surface area (TPSA) is 15.3 Å². The van der Waals surface area contributed by atoms with Crippen LogP contribution in [0.15, 0.2) is 0 Å². The van der Waals surface area contributed by atoms with Gasteiger partial charge < -0.3 is 10.2 Å². The first-order valence-electron chi connectivity index (χ1n) is 3.65. The molecule has 2 atom stereocenters. The molecule has 1 aliphatic heterocycles. The lowest BCUT2D eigenvalue weighted by Crippen LogP contribution is -2.53. The fourth-order valence-electron chi connectivity index (χ4n) is 1.22. The molecule has 0 amide bonds. The van der Waals surface area contributed by atoms with Crippen LogP contribution in [0, 0.1) is 0 Å². The molecule has 0 spiro atoms. The zero-order valence-corrected chi connectivity index (χ0v) is 7.74. The van der Waals surface area contributed by atoms with Gasteiger partial charge in [-0.15, -0.1) is 12.4 Å². The van der Waals surface area contributed by atoms with Crippen molar-refractivity contribution in [2.45, 2.75) is 25.9 Å². The van der Waals surface area contributed by atoms with Crippen molar-refractivity contribution in [1.29, 1.82) is 0 Å². The number of halogens is 1. The second kappa shape index (κ2) is 4.16. The Bertz CT molecular complexity index is 87.6. The van der Waals surface area contributed by atoms with Crippen LogP contribution < -0.4 is 5.32 Å². The third-order valence-corrected chi connectivity index (χ3v) is 2.35. The van der Waals surface area contributed by atoms with Crippen LogP contribution in [-0.2, 0) is 0 Å². The van der Waals surface area contributed by atoms with E-state index in [4.69, 9.17) is 0 Å². The molecule has 0 aromatic heterocycles. The lowest BCUT2D eigenvalue weighted by atomic mass is 10.1. The van der Waals surface area contributed by atoms with Gasteiger partial charge in [0.15, 0.2) is 0 Å². The summed E-state index contributed by atoms with van der Waals surface area (Å²) in [6, 6.07) is 1.35. The van der Waals surface area contributed by atoms with Crippen molar-refractivity contribution in [3.8, 4) is 0 Å². The van der Waals surface area contributed by atoms with Crippen molar-refractivity contribution < 1.29 is 0 Å². The monoisotopic (exact) mass is 164 g/mol. The van der Waals surface area contributed by atoms with E-state index in [1.807, 2.05) is 0 Å². The van der Waals surface area contributed by atoms with Crippen molar-refractivity contribution in [2.24, 2.45) is 0 Å². The Morgan fingerprint density at radius 1 is 1.40 bits per heavy atom. The molecule has 1 fully saturated rings. The fraction of sp³-hybridized carbons (Fsp3) is 1.00. The van der Waals surface area contributed by atoms with Crippen LogP contribution in [0.25, 0.3) is 0 Å². The number of hydrogen-bond acceptors (Lipinski definition) is 2. The average molecular weight is 165 g/mol. The van der Waals surface area contributed by atoms with Crippen LogP contribution in [0.3, 0.4) is 0 Å². The Hall–Kier alpha value is 0.210. The van der Waals surface area contributed by atoms with Gasteiger partial charge in [-0.2, -0.15) is 0 Å². The van der Waals surface area contributed by atoms with Gasteiger partial charge >= 0.3 is 0 Å². The lowest BCUT2D eigenvalue weighted by Gasteiger charge is -2.35. The molecular formula is C7H17ClN2. The molecule has 10 heavy (non-hydrogen) atoms. The first kappa shape index (κ1) is 10.2. The summed E-state index contributed by atoms with van der Waals surface area (Å²) in [6.45, 7) is 6.82. The smallest absolute Gasteiger partial charge is 0.0215 e. The molecule has 1 heterocycles. The maximum absolute atomic E-state index is 3.42. The Balaban J connectivity index is 0.000000810. The maximum atomic E-state index is 3.42. The van der Waals surface area contributed by atoms with Crippen LogP contribution >= 0.6 is 12.4 Å². The minimum absolute atomic E-state index is 0. The normalized spacial score (nSPS) is 35.1. The Morgan fingerprint density at radius 3 is 2.40 bits per heavy atom. The minimum atomic E-state index is 0. The van der Waals surface area contributed by atoms with Crippen molar-refractivity contribution in [1.82, 2.24) is 10.2 Å². The Morgan fingerprint density at radius 2 is 2.00 bits per heavy atom. The third kappa shape index (κ3) is 2.11. The van der Waals surface area contributed by atoms with Crippen molar-refractivity contribution in [3.63, 3.8) is 0 Å². The minimum Gasteiger partial charge on any atom is -0.311 e. The van der Waals surface area contributed by atoms with E-state index in [-0.39, 0.29) is 12.4 Å². The van der Waals surface area contributed by atoms with Gasteiger partial charge in [0.2, 0.25) is 0 Å². The van der Waals surface area contributed by atoms with E-state index < -0.39 is 0 Å². The van der Waals surface area contributed by atoms with Gasteiger partial charge in [0.25, 0.3) is 0 Å². The molecule has 1 N–H and O–H groups in total. The van der Waals surface area contributed by atoms with Gasteiger partial charge in [0, 0.05) is 25.2 Å². The molecule has 62 valence electrons. The number of hydrogen-bond donors (Lipinski definition) is 1. The van der Waals surface area contributed by atoms with E-state index in [9.17, 15) is 0 Å². The standard InChI is InChI=1S/C7H16N2.ClH/c1-6-7(2)9(3)5-4-8-6;/h6-8H,4-5H2,1-3H3;1H. The summed E-state index contributed by atoms with van der Waals surface area (Å²) in [6.07, 6.45) is 0. The summed E-state index contributed by atoms with van der Waals surface area (Å²) in [4.78, 5) is 2.39. The van der Waals surface area contributed by atoms with Crippen molar-refractivity contribution in [3.05, 3.63) is 0 Å². The molecule has 0 aromatic rings. The molecule has 1 aliphatic rings. The van der Waals surface area contributed by atoms with E-state index in [2.05, 4.69) is 31.1 Å². The van der Waals surface area contributed by atoms with Crippen molar-refractivity contribution in [2.75, 3.05) is 20.1 Å². The highest BCUT2D eigenvalue weighted by Gasteiger charge is 2.19. The summed E-state index contributed by atoms with van der Waals surface area (Å²) in [5.74, 6) is 0. The molecule has 0 radical (unpaired) electrons. The van der Waals surface area contributed by atoms with Gasteiger partial charge in [0.05, 0.1) is 0 Å². The molecule has 2 unspecified atom stereocenters. The number of nitrogens with zero attached hydrogens (tertiary/aromatic N) is 1. The predicted octanol–water partition coefficient (Wildman–Crippen LogP) is 0.720. The van der Waals surface area contributed by atoms with E-state index in [0.717, 1.165) is 6.54 Å². The summed E-state index contributed by atoms with van der Waals surface area (Å²) in [7, 11) is 2.18. The first-order chi connectivity index (χ1) is 4.22. The SMILES string of the molecule is CC1NCCN(C)C1C.Cl. The molecule has 0 saturated carbocycles. The largest absolute Gasteiger partial charge is 0.311 e. The molecule has 3 heteroatoms. The molecular weight excluding hydrogens is 148 g/mol. The molecule has 2 nitrogen and oxygen atoms in total. The van der Waals surface area contributed by atoms with Gasteiger partial charge in [-0.1, -0.05) is 0 Å². The highest BCUT2D eigenvalue weighted by molar-refractivity contribution is 5.85. The van der Waals surface area contributed by atoms with Crippen LogP contribution in [0.2, 0.25) is 0 Å². The number of nitrogens with one attached hydrogen (secondary N) is 1. The zero-order chi connectivity index (χ0) is 6.85. The summed E-state index contributed by atoms with van der Waals surface area (Å²) < 4.78 is 0. The first-order valence-corrected chi connectivity index (χ1v) is 3.65. The fourth-order valence-corrected chi connectivity index (χ4v) is 1.22. The van der Waals surface area contributed by atoms with E-state index in [1.54, 1.807) is 0 Å². The van der Waals surface area contributed by atoms with Crippen LogP contribution in [0.5, 0.6) is 0 Å². The lowest BCUT2D eigenvalue weighted by molar-refractivity contribution is 0.172. The second-order valence-electron chi connectivity index (χ2n) is 2.96. The van der Waals surface area contributed by atoms with Crippen LogP contribution in [0.1, 0.15) is 13.8 Å². The predicted molar refractivity (Wildman–Crippen MR) is 46.8 cm³/mol. The van der Waals surface area contributed by atoms with Gasteiger partial charge in [-0.25, -0.2) is 0 Å². The quantitative estimate of drug-likeness (QED) is 0.568. The van der Waals surface area contributed by atoms with Gasteiger partial charge in [0.1, 0.15) is 0 Å². The van der Waals surface area contributed by atoms with Crippen LogP contribution in [0.4, 0.5) is 0 Å². The zero-order valence-electron chi connectivity index (χ0n) is 6.92. The average Bonchev–Trinajstić information content (AvgIpc) is 1.83. The molecule has 0 bridgehead atoms. The van der Waals surface area contributed by atoms with Crippen LogP contribution in [-0.4, -0.2) is 37.1 Å². The Labute approximate surface area is 69.4 Å². The van der Waals surface area contributed by atoms with E-state index >= 15 is 0 Å².